The molecule has 0 spiro atoms. The van der Waals surface area contributed by atoms with Crippen molar-refractivity contribution in [3.8, 4) is 0 Å². The van der Waals surface area contributed by atoms with Crippen LogP contribution in [0.15, 0.2) is 24.3 Å². The van der Waals surface area contributed by atoms with E-state index in [1.54, 1.807) is 0 Å². The highest BCUT2D eigenvalue weighted by atomic mass is 35.5. The molecule has 1 aliphatic rings. The summed E-state index contributed by atoms with van der Waals surface area (Å²) < 4.78 is 0. The molecule has 1 saturated heterocycles. The van der Waals surface area contributed by atoms with Crippen molar-refractivity contribution in [2.45, 2.75) is 44.6 Å². The molecule has 1 aliphatic heterocycles. The number of aliphatic carboxylic acids is 1. The number of carbonyl (C=O) groups is 1. The summed E-state index contributed by atoms with van der Waals surface area (Å²) in [7, 11) is 0. The highest BCUT2D eigenvalue weighted by molar-refractivity contribution is 6.30. The van der Waals surface area contributed by atoms with Crippen molar-refractivity contribution < 1.29 is 9.90 Å². The molecule has 0 radical (unpaired) electrons. The molecule has 20 heavy (non-hydrogen) atoms. The molecule has 1 aromatic rings. The first-order valence-corrected chi connectivity index (χ1v) is 7.69. The quantitative estimate of drug-likeness (QED) is 0.895. The summed E-state index contributed by atoms with van der Waals surface area (Å²) in [5.41, 5.74) is 0.658. The lowest BCUT2D eigenvalue weighted by atomic mass is 9.81. The average Bonchev–Trinajstić information content (AvgIpc) is 2.46. The summed E-state index contributed by atoms with van der Waals surface area (Å²) in [4.78, 5) is 13.8. The van der Waals surface area contributed by atoms with E-state index in [0.717, 1.165) is 37.9 Å². The second kappa shape index (κ2) is 6.59. The van der Waals surface area contributed by atoms with E-state index in [4.69, 9.17) is 11.6 Å². The predicted molar refractivity (Wildman–Crippen MR) is 81.1 cm³/mol. The number of hydrogen-bond acceptors (Lipinski definition) is 2. The van der Waals surface area contributed by atoms with Crippen molar-refractivity contribution in [3.05, 3.63) is 34.9 Å². The average molecular weight is 296 g/mol. The van der Waals surface area contributed by atoms with Crippen LogP contribution in [0.4, 0.5) is 0 Å². The van der Waals surface area contributed by atoms with E-state index in [1.165, 1.54) is 6.42 Å². The smallest absolute Gasteiger partial charge is 0.305 e. The summed E-state index contributed by atoms with van der Waals surface area (Å²) >= 11 is 5.97. The van der Waals surface area contributed by atoms with E-state index in [9.17, 15) is 9.90 Å². The molecule has 0 amide bonds. The van der Waals surface area contributed by atoms with Crippen LogP contribution in [0.3, 0.4) is 0 Å². The minimum atomic E-state index is -0.743. The Morgan fingerprint density at radius 3 is 2.35 bits per heavy atom. The highest BCUT2D eigenvalue weighted by Crippen LogP contribution is 2.38. The number of carboxylic acids is 1. The first-order valence-electron chi connectivity index (χ1n) is 7.31. The summed E-state index contributed by atoms with van der Waals surface area (Å²) in [5.74, 6) is -0.743. The molecule has 110 valence electrons. The first kappa shape index (κ1) is 15.3. The van der Waals surface area contributed by atoms with Gasteiger partial charge in [0.2, 0.25) is 0 Å². The molecule has 1 heterocycles. The monoisotopic (exact) mass is 295 g/mol. The van der Waals surface area contributed by atoms with Crippen LogP contribution < -0.4 is 0 Å². The van der Waals surface area contributed by atoms with Crippen molar-refractivity contribution in [1.29, 1.82) is 0 Å². The fourth-order valence-electron chi connectivity index (χ4n) is 3.28. The van der Waals surface area contributed by atoms with Gasteiger partial charge >= 0.3 is 5.97 Å². The predicted octanol–water partition coefficient (Wildman–Crippen LogP) is 3.91. The zero-order valence-corrected chi connectivity index (χ0v) is 12.7. The van der Waals surface area contributed by atoms with Crippen LogP contribution in [0.5, 0.6) is 0 Å². The van der Waals surface area contributed by atoms with Crippen LogP contribution in [-0.4, -0.2) is 29.1 Å². The van der Waals surface area contributed by atoms with Crippen molar-refractivity contribution in [3.63, 3.8) is 0 Å². The summed E-state index contributed by atoms with van der Waals surface area (Å²) in [6, 6.07) is 7.66. The Hall–Kier alpha value is -1.06. The van der Waals surface area contributed by atoms with Gasteiger partial charge in [0.1, 0.15) is 0 Å². The van der Waals surface area contributed by atoms with Crippen molar-refractivity contribution in [1.82, 2.24) is 4.90 Å². The van der Waals surface area contributed by atoms with Crippen molar-refractivity contribution >= 4 is 17.6 Å². The van der Waals surface area contributed by atoms with Crippen LogP contribution in [0, 0.1) is 0 Å². The molecule has 1 aromatic carbocycles. The Kier molecular flexibility index (Phi) is 5.06. The van der Waals surface area contributed by atoms with Crippen LogP contribution in [0.2, 0.25) is 5.02 Å². The zero-order valence-electron chi connectivity index (χ0n) is 11.9. The van der Waals surface area contributed by atoms with Gasteiger partial charge in [-0.25, -0.2) is 0 Å². The van der Waals surface area contributed by atoms with Gasteiger partial charge in [-0.1, -0.05) is 37.1 Å². The Labute approximate surface area is 125 Å². The van der Waals surface area contributed by atoms with E-state index in [0.29, 0.717) is 5.02 Å². The molecule has 3 nitrogen and oxygen atoms in total. The fourth-order valence-corrected chi connectivity index (χ4v) is 3.41. The number of benzene rings is 1. The second-order valence-electron chi connectivity index (χ2n) is 5.51. The number of piperidine rings is 1. The number of halogens is 1. The van der Waals surface area contributed by atoms with Crippen LogP contribution in [0.1, 0.15) is 44.6 Å². The van der Waals surface area contributed by atoms with E-state index < -0.39 is 11.5 Å². The van der Waals surface area contributed by atoms with Crippen LogP contribution >= 0.6 is 11.6 Å². The minimum absolute atomic E-state index is 0.144. The topological polar surface area (TPSA) is 40.5 Å². The molecular weight excluding hydrogens is 274 g/mol. The van der Waals surface area contributed by atoms with Gasteiger partial charge in [0, 0.05) is 5.02 Å². The molecule has 1 fully saturated rings. The normalized spacial score (nSPS) is 19.5. The van der Waals surface area contributed by atoms with Gasteiger partial charge in [-0.2, -0.15) is 0 Å². The largest absolute Gasteiger partial charge is 0.481 e. The zero-order chi connectivity index (χ0) is 14.6. The van der Waals surface area contributed by atoms with Gasteiger partial charge in [-0.05, 0) is 50.0 Å². The highest BCUT2D eigenvalue weighted by Gasteiger charge is 2.39. The summed E-state index contributed by atoms with van der Waals surface area (Å²) in [6.45, 7) is 4.03. The molecule has 1 unspecified atom stereocenters. The third kappa shape index (κ3) is 3.15. The number of carboxylic acid groups (broad SMARTS) is 1. The fraction of sp³-hybridized carbons (Fsp3) is 0.562. The maximum Gasteiger partial charge on any atom is 0.305 e. The van der Waals surface area contributed by atoms with Crippen LogP contribution in [-0.2, 0) is 10.3 Å². The van der Waals surface area contributed by atoms with Gasteiger partial charge in [0.25, 0.3) is 0 Å². The molecule has 0 saturated carbocycles. The third-order valence-electron chi connectivity index (χ3n) is 4.37. The third-order valence-corrected chi connectivity index (χ3v) is 4.62. The molecular formula is C16H22ClNO2. The number of likely N-dealkylation sites (tertiary alicyclic amines) is 1. The maximum atomic E-state index is 11.4. The Bertz CT molecular complexity index is 454. The van der Waals surface area contributed by atoms with Gasteiger partial charge in [0.15, 0.2) is 0 Å². The van der Waals surface area contributed by atoms with E-state index >= 15 is 0 Å². The Balaban J connectivity index is 2.39. The van der Waals surface area contributed by atoms with E-state index in [-0.39, 0.29) is 6.42 Å². The lowest BCUT2D eigenvalue weighted by Crippen LogP contribution is -2.49. The molecule has 4 heteroatoms. The molecule has 0 aromatic heterocycles. The van der Waals surface area contributed by atoms with Crippen molar-refractivity contribution in [2.75, 3.05) is 13.1 Å². The standard InChI is InChI=1S/C16H22ClNO2/c1-2-16(12-15(19)20,18-10-4-3-5-11-18)13-6-8-14(17)9-7-13/h6-9H,2-5,10-12H2,1H3,(H,19,20). The van der Waals surface area contributed by atoms with Gasteiger partial charge in [-0.15, -0.1) is 0 Å². The SMILES string of the molecule is CCC(CC(=O)O)(c1ccc(Cl)cc1)N1CCCCC1. The molecule has 2 rings (SSSR count). The number of rotatable bonds is 5. The van der Waals surface area contributed by atoms with Crippen molar-refractivity contribution in [2.24, 2.45) is 0 Å². The van der Waals surface area contributed by atoms with Gasteiger partial charge in [0.05, 0.1) is 12.0 Å². The second-order valence-corrected chi connectivity index (χ2v) is 5.95. The minimum Gasteiger partial charge on any atom is -0.481 e. The number of nitrogens with zero attached hydrogens (tertiary/aromatic N) is 1. The molecule has 0 aliphatic carbocycles. The molecule has 1 atom stereocenters. The first-order chi connectivity index (χ1) is 9.58. The maximum absolute atomic E-state index is 11.4. The molecule has 1 N–H and O–H groups in total. The van der Waals surface area contributed by atoms with Gasteiger partial charge < -0.3 is 5.11 Å². The van der Waals surface area contributed by atoms with E-state index in [1.807, 2.05) is 24.3 Å². The van der Waals surface area contributed by atoms with Gasteiger partial charge in [-0.3, -0.25) is 9.69 Å². The number of hydrogen-bond donors (Lipinski definition) is 1. The lowest BCUT2D eigenvalue weighted by Gasteiger charge is -2.45. The lowest BCUT2D eigenvalue weighted by molar-refractivity contribution is -0.141. The van der Waals surface area contributed by atoms with Crippen LogP contribution in [0.25, 0.3) is 0 Å². The molecule has 0 bridgehead atoms. The Morgan fingerprint density at radius 2 is 1.85 bits per heavy atom. The summed E-state index contributed by atoms with van der Waals surface area (Å²) in [6.07, 6.45) is 4.47. The van der Waals surface area contributed by atoms with E-state index in [2.05, 4.69) is 11.8 Å². The summed E-state index contributed by atoms with van der Waals surface area (Å²) in [5, 5.41) is 10.1. The Morgan fingerprint density at radius 1 is 1.25 bits per heavy atom.